The molecule has 2 atom stereocenters. The third-order valence-electron chi connectivity index (χ3n) is 3.11. The lowest BCUT2D eigenvalue weighted by atomic mass is 9.82. The van der Waals surface area contributed by atoms with Gasteiger partial charge in [-0.25, -0.2) is 0 Å². The van der Waals surface area contributed by atoms with Gasteiger partial charge in [0.25, 0.3) is 0 Å². The second kappa shape index (κ2) is 5.48. The normalized spacial score (nSPS) is 22.7. The molecule has 96 valence electrons. The maximum absolute atomic E-state index is 12.0. The molecular formula is C12H15N3O3. The minimum Gasteiger partial charge on any atom is -0.481 e. The number of aromatic nitrogens is 2. The van der Waals surface area contributed by atoms with Crippen molar-refractivity contribution in [3.05, 3.63) is 30.1 Å². The molecule has 0 saturated carbocycles. The van der Waals surface area contributed by atoms with Crippen LogP contribution in [-0.2, 0) is 16.1 Å². The Labute approximate surface area is 104 Å². The van der Waals surface area contributed by atoms with Crippen LogP contribution in [0, 0.1) is 11.8 Å². The molecule has 1 aliphatic rings. The molecule has 18 heavy (non-hydrogen) atoms. The van der Waals surface area contributed by atoms with E-state index in [1.807, 2.05) is 12.2 Å². The van der Waals surface area contributed by atoms with Gasteiger partial charge in [0.1, 0.15) is 0 Å². The van der Waals surface area contributed by atoms with E-state index in [9.17, 15) is 9.59 Å². The second-order valence-corrected chi connectivity index (χ2v) is 4.32. The molecule has 0 aliphatic heterocycles. The molecule has 0 fully saturated rings. The highest BCUT2D eigenvalue weighted by Gasteiger charge is 2.33. The average Bonchev–Trinajstić information content (AvgIpc) is 2.89. The van der Waals surface area contributed by atoms with Gasteiger partial charge in [-0.15, -0.1) is 0 Å². The topological polar surface area (TPSA) is 95.1 Å². The second-order valence-electron chi connectivity index (χ2n) is 4.32. The number of carbonyl (C=O) groups is 2. The van der Waals surface area contributed by atoms with Crippen molar-refractivity contribution < 1.29 is 14.7 Å². The summed E-state index contributed by atoms with van der Waals surface area (Å²) in [6.07, 6.45) is 7.89. The highest BCUT2D eigenvalue weighted by atomic mass is 16.4. The van der Waals surface area contributed by atoms with Crippen molar-refractivity contribution in [2.75, 3.05) is 0 Å². The van der Waals surface area contributed by atoms with E-state index in [4.69, 9.17) is 5.11 Å². The summed E-state index contributed by atoms with van der Waals surface area (Å²) in [7, 11) is 0. The van der Waals surface area contributed by atoms with Crippen molar-refractivity contribution in [1.29, 1.82) is 0 Å². The SMILES string of the molecule is O=C(O)C1CC=CCC1C(=O)NCc1cn[nH]c1. The smallest absolute Gasteiger partial charge is 0.307 e. The van der Waals surface area contributed by atoms with Crippen LogP contribution in [0.15, 0.2) is 24.5 Å². The summed E-state index contributed by atoms with van der Waals surface area (Å²) in [5.74, 6) is -2.24. The summed E-state index contributed by atoms with van der Waals surface area (Å²) in [5.41, 5.74) is 0.863. The standard InChI is InChI=1S/C12H15N3O3/c16-11(13-5-8-6-14-15-7-8)9-3-1-2-4-10(9)12(17)18/h1-2,6-7,9-10H,3-5H2,(H,13,16)(H,14,15)(H,17,18). The van der Waals surface area contributed by atoms with Crippen molar-refractivity contribution in [2.24, 2.45) is 11.8 Å². The predicted octanol–water partition coefficient (Wildman–Crippen LogP) is 0.693. The zero-order valence-electron chi connectivity index (χ0n) is 9.80. The molecule has 6 heteroatoms. The summed E-state index contributed by atoms with van der Waals surface area (Å²) in [5, 5.41) is 18.3. The molecule has 0 bridgehead atoms. The number of hydrogen-bond acceptors (Lipinski definition) is 3. The minimum absolute atomic E-state index is 0.215. The molecule has 6 nitrogen and oxygen atoms in total. The van der Waals surface area contributed by atoms with Crippen LogP contribution in [0.4, 0.5) is 0 Å². The molecule has 0 saturated heterocycles. The number of allylic oxidation sites excluding steroid dienone is 2. The number of nitrogens with one attached hydrogen (secondary N) is 2. The summed E-state index contributed by atoms with van der Waals surface area (Å²) >= 11 is 0. The number of aliphatic carboxylic acids is 1. The molecule has 2 rings (SSSR count). The number of carbonyl (C=O) groups excluding carboxylic acids is 1. The van der Waals surface area contributed by atoms with Crippen molar-refractivity contribution in [3.63, 3.8) is 0 Å². The van der Waals surface area contributed by atoms with Crippen LogP contribution >= 0.6 is 0 Å². The van der Waals surface area contributed by atoms with E-state index >= 15 is 0 Å². The summed E-state index contributed by atoms with van der Waals surface area (Å²) in [4.78, 5) is 23.0. The van der Waals surface area contributed by atoms with Gasteiger partial charge in [-0.3, -0.25) is 14.7 Å². The molecule has 1 aliphatic carbocycles. The molecule has 1 aromatic heterocycles. The Hall–Kier alpha value is -2.11. The molecule has 0 spiro atoms. The Morgan fingerprint density at radius 1 is 1.39 bits per heavy atom. The summed E-state index contributed by atoms with van der Waals surface area (Å²) < 4.78 is 0. The van der Waals surface area contributed by atoms with Crippen LogP contribution in [0.5, 0.6) is 0 Å². The van der Waals surface area contributed by atoms with E-state index in [-0.39, 0.29) is 5.91 Å². The van der Waals surface area contributed by atoms with E-state index in [0.29, 0.717) is 19.4 Å². The van der Waals surface area contributed by atoms with E-state index < -0.39 is 17.8 Å². The van der Waals surface area contributed by atoms with Gasteiger partial charge < -0.3 is 10.4 Å². The number of amides is 1. The fourth-order valence-electron chi connectivity index (χ4n) is 2.07. The van der Waals surface area contributed by atoms with Gasteiger partial charge in [0.15, 0.2) is 0 Å². The Morgan fingerprint density at radius 3 is 2.72 bits per heavy atom. The van der Waals surface area contributed by atoms with E-state index in [1.165, 1.54) is 0 Å². The van der Waals surface area contributed by atoms with E-state index in [1.54, 1.807) is 12.4 Å². The van der Waals surface area contributed by atoms with Crippen LogP contribution in [0.25, 0.3) is 0 Å². The minimum atomic E-state index is -0.914. The fraction of sp³-hybridized carbons (Fsp3) is 0.417. The van der Waals surface area contributed by atoms with Gasteiger partial charge in [0.05, 0.1) is 18.0 Å². The maximum Gasteiger partial charge on any atom is 0.307 e. The van der Waals surface area contributed by atoms with Crippen LogP contribution in [-0.4, -0.2) is 27.2 Å². The van der Waals surface area contributed by atoms with Crippen LogP contribution < -0.4 is 5.32 Å². The summed E-state index contributed by atoms with van der Waals surface area (Å²) in [6.45, 7) is 0.363. The largest absolute Gasteiger partial charge is 0.481 e. The number of nitrogens with zero attached hydrogens (tertiary/aromatic N) is 1. The predicted molar refractivity (Wildman–Crippen MR) is 63.4 cm³/mol. The van der Waals surface area contributed by atoms with Crippen molar-refractivity contribution in [2.45, 2.75) is 19.4 Å². The molecule has 1 heterocycles. The fourth-order valence-corrected chi connectivity index (χ4v) is 2.07. The highest BCUT2D eigenvalue weighted by Crippen LogP contribution is 2.26. The first-order valence-corrected chi connectivity index (χ1v) is 5.81. The first-order chi connectivity index (χ1) is 8.68. The van der Waals surface area contributed by atoms with Crippen molar-refractivity contribution >= 4 is 11.9 Å². The molecule has 0 radical (unpaired) electrons. The van der Waals surface area contributed by atoms with Crippen LogP contribution in [0.1, 0.15) is 18.4 Å². The van der Waals surface area contributed by atoms with Gasteiger partial charge in [-0.2, -0.15) is 5.10 Å². The lowest BCUT2D eigenvalue weighted by molar-refractivity contribution is -0.147. The number of rotatable bonds is 4. The quantitative estimate of drug-likeness (QED) is 0.684. The van der Waals surface area contributed by atoms with Crippen molar-refractivity contribution in [1.82, 2.24) is 15.5 Å². The zero-order chi connectivity index (χ0) is 13.0. The lowest BCUT2D eigenvalue weighted by Crippen LogP contribution is -2.38. The number of H-pyrrole nitrogens is 1. The number of carboxylic acids is 1. The third-order valence-corrected chi connectivity index (χ3v) is 3.11. The van der Waals surface area contributed by atoms with Crippen LogP contribution in [0.2, 0.25) is 0 Å². The molecule has 1 aromatic rings. The first-order valence-electron chi connectivity index (χ1n) is 5.81. The Morgan fingerprint density at radius 2 is 2.11 bits per heavy atom. The Kier molecular flexibility index (Phi) is 3.76. The van der Waals surface area contributed by atoms with Gasteiger partial charge in [0, 0.05) is 18.3 Å². The van der Waals surface area contributed by atoms with Gasteiger partial charge in [-0.05, 0) is 12.8 Å². The molecule has 3 N–H and O–H groups in total. The summed E-state index contributed by atoms with van der Waals surface area (Å²) in [6, 6.07) is 0. The zero-order valence-corrected chi connectivity index (χ0v) is 9.80. The van der Waals surface area contributed by atoms with E-state index in [2.05, 4.69) is 15.5 Å². The monoisotopic (exact) mass is 249 g/mol. The highest BCUT2D eigenvalue weighted by molar-refractivity contribution is 5.85. The van der Waals surface area contributed by atoms with Gasteiger partial charge >= 0.3 is 5.97 Å². The number of aromatic amines is 1. The van der Waals surface area contributed by atoms with Gasteiger partial charge in [0.2, 0.25) is 5.91 Å². The molecular weight excluding hydrogens is 234 g/mol. The van der Waals surface area contributed by atoms with E-state index in [0.717, 1.165) is 5.56 Å². The first kappa shape index (κ1) is 12.3. The molecule has 1 amide bonds. The maximum atomic E-state index is 12.0. The Bertz CT molecular complexity index is 453. The Balaban J connectivity index is 1.94. The van der Waals surface area contributed by atoms with Crippen molar-refractivity contribution in [3.8, 4) is 0 Å². The molecule has 2 unspecified atom stereocenters. The number of carboxylic acid groups (broad SMARTS) is 1. The number of hydrogen-bond donors (Lipinski definition) is 3. The third kappa shape index (κ3) is 2.77. The van der Waals surface area contributed by atoms with Crippen LogP contribution in [0.3, 0.4) is 0 Å². The molecule has 0 aromatic carbocycles. The van der Waals surface area contributed by atoms with Gasteiger partial charge in [-0.1, -0.05) is 12.2 Å². The average molecular weight is 249 g/mol. The lowest BCUT2D eigenvalue weighted by Gasteiger charge is -2.24.